The van der Waals surface area contributed by atoms with E-state index >= 15 is 0 Å². The van der Waals surface area contributed by atoms with Crippen LogP contribution < -0.4 is 4.90 Å². The van der Waals surface area contributed by atoms with Gasteiger partial charge in [-0.15, -0.1) is 0 Å². The van der Waals surface area contributed by atoms with E-state index in [1.165, 1.54) is 31.4 Å². The summed E-state index contributed by atoms with van der Waals surface area (Å²) in [6.45, 7) is 0. The van der Waals surface area contributed by atoms with Crippen LogP contribution in [0.1, 0.15) is 29.6 Å². The van der Waals surface area contributed by atoms with Gasteiger partial charge in [-0.1, -0.05) is 0 Å². The Balaban J connectivity index is 1.88. The number of rotatable bonds is 0. The number of Topliss-reactive ketones (excluding diaryl/α,β-unsaturated/α-hetero) is 1. The maximum absolute atomic E-state index is 13.4. The molecule has 1 aliphatic heterocycles. The van der Waals surface area contributed by atoms with Crippen molar-refractivity contribution in [2.75, 3.05) is 11.9 Å². The Kier molecular flexibility index (Phi) is 1.95. The van der Waals surface area contributed by atoms with Crippen LogP contribution in [0, 0.1) is 23.6 Å². The van der Waals surface area contributed by atoms with Crippen molar-refractivity contribution < 1.29 is 9.18 Å². The molecule has 2 nitrogen and oxygen atoms in total. The summed E-state index contributed by atoms with van der Waals surface area (Å²) in [5.74, 6) is 1.18. The van der Waals surface area contributed by atoms with Crippen molar-refractivity contribution in [2.24, 2.45) is 17.8 Å². The van der Waals surface area contributed by atoms with Crippen LogP contribution >= 0.6 is 0 Å². The first-order valence-corrected chi connectivity index (χ1v) is 6.73. The molecule has 4 rings (SSSR count). The highest BCUT2D eigenvalue weighted by molar-refractivity contribution is 6.05. The van der Waals surface area contributed by atoms with E-state index in [0.29, 0.717) is 23.4 Å². The smallest absolute Gasteiger partial charge is 0.170 e. The maximum atomic E-state index is 13.4. The van der Waals surface area contributed by atoms with Crippen LogP contribution in [0.3, 0.4) is 0 Å². The SMILES string of the molecule is CN1c2ccc(F)cc2C(=O)C2C1[C@H]1CC[C@@H]2C1. The van der Waals surface area contributed by atoms with Crippen molar-refractivity contribution >= 4 is 11.5 Å². The minimum Gasteiger partial charge on any atom is -0.370 e. The predicted octanol–water partition coefficient (Wildman–Crippen LogP) is 2.87. The van der Waals surface area contributed by atoms with Gasteiger partial charge in [0, 0.05) is 30.3 Å². The van der Waals surface area contributed by atoms with E-state index in [0.717, 1.165) is 5.69 Å². The number of carbonyl (C=O) groups excluding carboxylic acids is 1. The summed E-state index contributed by atoms with van der Waals surface area (Å²) < 4.78 is 13.4. The number of hydrogen-bond donors (Lipinski definition) is 0. The molecule has 0 spiro atoms. The standard InChI is InChI=1S/C15H16FNO/c1-17-12-5-4-10(16)7-11(12)15(18)13-8-2-3-9(6-8)14(13)17/h4-5,7-9,13-14H,2-3,6H2,1H3/t8-,9+,13?,14?/m1/s1. The molecule has 1 heterocycles. The Morgan fingerprint density at radius 3 is 2.89 bits per heavy atom. The van der Waals surface area contributed by atoms with E-state index in [9.17, 15) is 9.18 Å². The third-order valence-electron chi connectivity index (χ3n) is 5.23. The van der Waals surface area contributed by atoms with Crippen molar-refractivity contribution in [2.45, 2.75) is 25.3 Å². The number of halogens is 1. The Morgan fingerprint density at radius 1 is 1.28 bits per heavy atom. The fraction of sp³-hybridized carbons (Fsp3) is 0.533. The molecule has 2 bridgehead atoms. The van der Waals surface area contributed by atoms with Gasteiger partial charge in [0.05, 0.1) is 0 Å². The number of benzene rings is 1. The molecule has 4 atom stereocenters. The molecule has 0 amide bonds. The van der Waals surface area contributed by atoms with Gasteiger partial charge in [0.2, 0.25) is 0 Å². The average molecular weight is 245 g/mol. The highest BCUT2D eigenvalue weighted by Crippen LogP contribution is 2.54. The van der Waals surface area contributed by atoms with Gasteiger partial charge in [0.25, 0.3) is 0 Å². The Hall–Kier alpha value is -1.38. The number of fused-ring (bicyclic) bond motifs is 6. The van der Waals surface area contributed by atoms with Gasteiger partial charge < -0.3 is 4.90 Å². The zero-order chi connectivity index (χ0) is 12.4. The molecule has 0 saturated heterocycles. The molecule has 3 heteroatoms. The normalized spacial score (nSPS) is 36.8. The van der Waals surface area contributed by atoms with Crippen LogP contribution in [0.25, 0.3) is 0 Å². The van der Waals surface area contributed by atoms with Crippen molar-refractivity contribution in [3.8, 4) is 0 Å². The van der Waals surface area contributed by atoms with Crippen LogP contribution in [0.4, 0.5) is 10.1 Å². The molecular weight excluding hydrogens is 229 g/mol. The quantitative estimate of drug-likeness (QED) is 0.700. The van der Waals surface area contributed by atoms with Crippen molar-refractivity contribution in [1.29, 1.82) is 0 Å². The minimum atomic E-state index is -0.308. The summed E-state index contributed by atoms with van der Waals surface area (Å²) in [5, 5.41) is 0. The van der Waals surface area contributed by atoms with Crippen molar-refractivity contribution in [3.63, 3.8) is 0 Å². The summed E-state index contributed by atoms with van der Waals surface area (Å²) >= 11 is 0. The maximum Gasteiger partial charge on any atom is 0.170 e. The molecular formula is C15H16FNO. The predicted molar refractivity (Wildman–Crippen MR) is 67.2 cm³/mol. The average Bonchev–Trinajstić information content (AvgIpc) is 2.96. The second kappa shape index (κ2) is 3.34. The Bertz CT molecular complexity index is 541. The highest BCUT2D eigenvalue weighted by atomic mass is 19.1. The van der Waals surface area contributed by atoms with Gasteiger partial charge in [-0.2, -0.15) is 0 Å². The molecule has 3 aliphatic rings. The first-order valence-electron chi connectivity index (χ1n) is 6.73. The van der Waals surface area contributed by atoms with E-state index in [1.54, 1.807) is 6.07 Å². The molecule has 2 aliphatic carbocycles. The molecule has 2 fully saturated rings. The minimum absolute atomic E-state index is 0.114. The third kappa shape index (κ3) is 1.15. The van der Waals surface area contributed by atoms with Crippen LogP contribution in [0.5, 0.6) is 0 Å². The van der Waals surface area contributed by atoms with Gasteiger partial charge in [0.15, 0.2) is 5.78 Å². The summed E-state index contributed by atoms with van der Waals surface area (Å²) in [7, 11) is 2.06. The van der Waals surface area contributed by atoms with Crippen molar-refractivity contribution in [3.05, 3.63) is 29.6 Å². The molecule has 18 heavy (non-hydrogen) atoms. The monoisotopic (exact) mass is 245 g/mol. The zero-order valence-electron chi connectivity index (χ0n) is 10.4. The molecule has 2 saturated carbocycles. The van der Waals surface area contributed by atoms with E-state index in [1.807, 2.05) is 0 Å². The highest BCUT2D eigenvalue weighted by Gasteiger charge is 2.55. The fourth-order valence-corrected chi connectivity index (χ4v) is 4.54. The van der Waals surface area contributed by atoms with Gasteiger partial charge >= 0.3 is 0 Å². The van der Waals surface area contributed by atoms with E-state index < -0.39 is 0 Å². The third-order valence-corrected chi connectivity index (χ3v) is 5.23. The van der Waals surface area contributed by atoms with E-state index in [2.05, 4.69) is 11.9 Å². The van der Waals surface area contributed by atoms with Gasteiger partial charge in [0.1, 0.15) is 5.82 Å². The van der Waals surface area contributed by atoms with Crippen LogP contribution in [-0.2, 0) is 0 Å². The first-order chi connectivity index (χ1) is 8.66. The molecule has 1 aromatic carbocycles. The van der Waals surface area contributed by atoms with Gasteiger partial charge in [-0.3, -0.25) is 4.79 Å². The summed E-state index contributed by atoms with van der Waals surface area (Å²) in [6, 6.07) is 4.98. The first kappa shape index (κ1) is 10.5. The molecule has 0 radical (unpaired) electrons. The number of anilines is 1. The van der Waals surface area contributed by atoms with Gasteiger partial charge in [-0.25, -0.2) is 4.39 Å². The second-order valence-corrected chi connectivity index (χ2v) is 5.99. The number of nitrogens with zero attached hydrogens (tertiary/aromatic N) is 1. The summed E-state index contributed by atoms with van der Waals surface area (Å²) in [6.07, 6.45) is 3.61. The second-order valence-electron chi connectivity index (χ2n) is 5.99. The van der Waals surface area contributed by atoms with Crippen LogP contribution in [0.2, 0.25) is 0 Å². The van der Waals surface area contributed by atoms with E-state index in [-0.39, 0.29) is 17.5 Å². The Morgan fingerprint density at radius 2 is 2.06 bits per heavy atom. The fourth-order valence-electron chi connectivity index (χ4n) is 4.54. The lowest BCUT2D eigenvalue weighted by Gasteiger charge is -2.43. The Labute approximate surface area is 106 Å². The molecule has 0 N–H and O–H groups in total. The topological polar surface area (TPSA) is 20.3 Å². The molecule has 2 unspecified atom stereocenters. The number of hydrogen-bond acceptors (Lipinski definition) is 2. The van der Waals surface area contributed by atoms with E-state index in [4.69, 9.17) is 0 Å². The lowest BCUT2D eigenvalue weighted by molar-refractivity contribution is 0.0840. The lowest BCUT2D eigenvalue weighted by atomic mass is 9.76. The zero-order valence-corrected chi connectivity index (χ0v) is 10.4. The summed E-state index contributed by atoms with van der Waals surface area (Å²) in [4.78, 5) is 14.8. The lowest BCUT2D eigenvalue weighted by Crippen LogP contribution is -2.49. The van der Waals surface area contributed by atoms with Crippen LogP contribution in [-0.4, -0.2) is 18.9 Å². The molecule has 0 aromatic heterocycles. The van der Waals surface area contributed by atoms with Gasteiger partial charge in [-0.05, 0) is 49.3 Å². The number of ketones is 1. The summed E-state index contributed by atoms with van der Waals surface area (Å²) in [5.41, 5.74) is 1.50. The molecule has 94 valence electrons. The van der Waals surface area contributed by atoms with Crippen LogP contribution in [0.15, 0.2) is 18.2 Å². The number of carbonyl (C=O) groups is 1. The largest absolute Gasteiger partial charge is 0.370 e. The van der Waals surface area contributed by atoms with Crippen molar-refractivity contribution in [1.82, 2.24) is 0 Å². The molecule has 1 aromatic rings.